The van der Waals surface area contributed by atoms with E-state index in [2.05, 4.69) is 20.2 Å². The molecule has 3 rings (SSSR count). The third-order valence-corrected chi connectivity index (χ3v) is 2.96. The standard InChI is InChI=1S/C11H8N4S/c1-2-4-8(5-3-1)10-13-11(15-14-10)9-6-12-7-16-9/h1-7H,(H,13,14,15). The van der Waals surface area contributed by atoms with Crippen molar-refractivity contribution in [3.63, 3.8) is 0 Å². The number of rotatable bonds is 2. The molecule has 16 heavy (non-hydrogen) atoms. The topological polar surface area (TPSA) is 54.5 Å². The predicted molar refractivity (Wildman–Crippen MR) is 62.9 cm³/mol. The van der Waals surface area contributed by atoms with Crippen molar-refractivity contribution in [2.45, 2.75) is 0 Å². The highest BCUT2D eigenvalue weighted by molar-refractivity contribution is 7.13. The van der Waals surface area contributed by atoms with Crippen LogP contribution in [0.2, 0.25) is 0 Å². The second-order valence-electron chi connectivity index (χ2n) is 3.24. The monoisotopic (exact) mass is 228 g/mol. The first-order valence-corrected chi connectivity index (χ1v) is 5.68. The molecule has 5 heteroatoms. The molecular weight excluding hydrogens is 220 g/mol. The summed E-state index contributed by atoms with van der Waals surface area (Å²) in [5.41, 5.74) is 2.79. The van der Waals surface area contributed by atoms with Crippen molar-refractivity contribution in [3.8, 4) is 22.1 Å². The predicted octanol–water partition coefficient (Wildman–Crippen LogP) is 2.60. The van der Waals surface area contributed by atoms with E-state index < -0.39 is 0 Å². The van der Waals surface area contributed by atoms with Gasteiger partial charge in [0.1, 0.15) is 0 Å². The third kappa shape index (κ3) is 1.61. The van der Waals surface area contributed by atoms with Gasteiger partial charge in [0.2, 0.25) is 0 Å². The third-order valence-electron chi connectivity index (χ3n) is 2.18. The van der Waals surface area contributed by atoms with Crippen LogP contribution < -0.4 is 0 Å². The average molecular weight is 228 g/mol. The lowest BCUT2D eigenvalue weighted by atomic mass is 10.2. The summed E-state index contributed by atoms with van der Waals surface area (Å²) < 4.78 is 0. The molecule has 78 valence electrons. The Morgan fingerprint density at radius 2 is 2.00 bits per heavy atom. The summed E-state index contributed by atoms with van der Waals surface area (Å²) in [6.07, 6.45) is 1.78. The van der Waals surface area contributed by atoms with Crippen molar-refractivity contribution < 1.29 is 0 Å². The normalized spacial score (nSPS) is 10.5. The molecule has 1 aromatic carbocycles. The smallest absolute Gasteiger partial charge is 0.181 e. The minimum atomic E-state index is 0.712. The van der Waals surface area contributed by atoms with Crippen LogP contribution in [0.5, 0.6) is 0 Å². The van der Waals surface area contributed by atoms with E-state index in [1.807, 2.05) is 30.3 Å². The second kappa shape index (κ2) is 3.86. The number of benzene rings is 1. The molecule has 0 saturated heterocycles. The van der Waals surface area contributed by atoms with Gasteiger partial charge in [-0.3, -0.25) is 10.1 Å². The number of nitrogens with zero attached hydrogens (tertiary/aromatic N) is 3. The minimum absolute atomic E-state index is 0.712. The van der Waals surface area contributed by atoms with Gasteiger partial charge < -0.3 is 0 Å². The molecule has 1 N–H and O–H groups in total. The van der Waals surface area contributed by atoms with Gasteiger partial charge in [0.25, 0.3) is 0 Å². The fourth-order valence-electron chi connectivity index (χ4n) is 1.42. The lowest BCUT2D eigenvalue weighted by Crippen LogP contribution is -1.78. The highest BCUT2D eigenvalue weighted by Gasteiger charge is 2.07. The quantitative estimate of drug-likeness (QED) is 0.733. The van der Waals surface area contributed by atoms with E-state index in [1.54, 1.807) is 11.7 Å². The fraction of sp³-hybridized carbons (Fsp3) is 0. The maximum atomic E-state index is 4.43. The molecule has 0 spiro atoms. The summed E-state index contributed by atoms with van der Waals surface area (Å²) in [6, 6.07) is 9.88. The van der Waals surface area contributed by atoms with Crippen LogP contribution in [0.25, 0.3) is 22.1 Å². The summed E-state index contributed by atoms with van der Waals surface area (Å²) in [4.78, 5) is 9.43. The molecular formula is C11H8N4S. The number of H-pyrrole nitrogens is 1. The zero-order chi connectivity index (χ0) is 10.8. The Bertz CT molecular complexity index is 571. The van der Waals surface area contributed by atoms with Crippen LogP contribution in [-0.2, 0) is 0 Å². The maximum Gasteiger partial charge on any atom is 0.181 e. The van der Waals surface area contributed by atoms with Crippen molar-refractivity contribution in [2.24, 2.45) is 0 Å². The molecule has 0 aliphatic heterocycles. The van der Waals surface area contributed by atoms with Crippen LogP contribution in [0, 0.1) is 0 Å². The van der Waals surface area contributed by atoms with Gasteiger partial charge in [-0.25, -0.2) is 4.98 Å². The highest BCUT2D eigenvalue weighted by Crippen LogP contribution is 2.21. The van der Waals surface area contributed by atoms with Crippen LogP contribution in [0.4, 0.5) is 0 Å². The number of thiazole rings is 1. The number of hydrogen-bond donors (Lipinski definition) is 1. The van der Waals surface area contributed by atoms with Gasteiger partial charge in [-0.05, 0) is 0 Å². The zero-order valence-corrected chi connectivity index (χ0v) is 9.11. The van der Waals surface area contributed by atoms with Gasteiger partial charge in [0, 0.05) is 11.8 Å². The van der Waals surface area contributed by atoms with Gasteiger partial charge in [-0.2, -0.15) is 5.10 Å². The van der Waals surface area contributed by atoms with E-state index in [0.717, 1.165) is 16.3 Å². The first kappa shape index (κ1) is 9.23. The second-order valence-corrected chi connectivity index (χ2v) is 4.13. The Kier molecular flexibility index (Phi) is 2.23. The van der Waals surface area contributed by atoms with Gasteiger partial charge in [0.05, 0.1) is 10.4 Å². The Morgan fingerprint density at radius 3 is 2.75 bits per heavy atom. The van der Waals surface area contributed by atoms with Crippen molar-refractivity contribution in [2.75, 3.05) is 0 Å². The van der Waals surface area contributed by atoms with Crippen molar-refractivity contribution >= 4 is 11.3 Å². The summed E-state index contributed by atoms with van der Waals surface area (Å²) in [7, 11) is 0. The zero-order valence-electron chi connectivity index (χ0n) is 8.29. The molecule has 0 bridgehead atoms. The molecule has 2 heterocycles. The van der Waals surface area contributed by atoms with Gasteiger partial charge >= 0.3 is 0 Å². The molecule has 0 aliphatic carbocycles. The van der Waals surface area contributed by atoms with E-state index in [0.29, 0.717) is 5.82 Å². The maximum absolute atomic E-state index is 4.43. The molecule has 0 fully saturated rings. The van der Waals surface area contributed by atoms with Gasteiger partial charge in [-0.15, -0.1) is 11.3 Å². The molecule has 0 aliphatic rings. The van der Waals surface area contributed by atoms with Crippen LogP contribution in [0.15, 0.2) is 42.0 Å². The molecule has 0 amide bonds. The molecule has 2 aromatic heterocycles. The lowest BCUT2D eigenvalue weighted by Gasteiger charge is -1.91. The number of nitrogens with one attached hydrogen (secondary N) is 1. The van der Waals surface area contributed by atoms with Gasteiger partial charge in [0.15, 0.2) is 11.6 Å². The fourth-order valence-corrected chi connectivity index (χ4v) is 1.98. The minimum Gasteiger partial charge on any atom is -0.258 e. The van der Waals surface area contributed by atoms with Crippen molar-refractivity contribution in [3.05, 3.63) is 42.0 Å². The first-order chi connectivity index (χ1) is 7.93. The molecule has 0 unspecified atom stereocenters. The molecule has 0 atom stereocenters. The molecule has 4 nitrogen and oxygen atoms in total. The highest BCUT2D eigenvalue weighted by atomic mass is 32.1. The van der Waals surface area contributed by atoms with Crippen LogP contribution in [-0.4, -0.2) is 20.2 Å². The Balaban J connectivity index is 2.00. The number of hydrogen-bond acceptors (Lipinski definition) is 4. The Labute approximate surface area is 96.0 Å². The molecule has 0 radical (unpaired) electrons. The van der Waals surface area contributed by atoms with Crippen LogP contribution in [0.1, 0.15) is 0 Å². The van der Waals surface area contributed by atoms with Crippen molar-refractivity contribution in [1.82, 2.24) is 20.2 Å². The average Bonchev–Trinajstić information content (AvgIpc) is 3.01. The van der Waals surface area contributed by atoms with E-state index in [4.69, 9.17) is 0 Å². The van der Waals surface area contributed by atoms with Gasteiger partial charge in [-0.1, -0.05) is 30.3 Å². The molecule has 3 aromatic rings. The summed E-state index contributed by atoms with van der Waals surface area (Å²) in [5.74, 6) is 1.48. The summed E-state index contributed by atoms with van der Waals surface area (Å²) in [5, 5.41) is 7.10. The Hall–Kier alpha value is -2.01. The number of aromatic amines is 1. The van der Waals surface area contributed by atoms with E-state index in [-0.39, 0.29) is 0 Å². The van der Waals surface area contributed by atoms with Crippen molar-refractivity contribution in [1.29, 1.82) is 0 Å². The first-order valence-electron chi connectivity index (χ1n) is 4.80. The summed E-state index contributed by atoms with van der Waals surface area (Å²) in [6.45, 7) is 0. The largest absolute Gasteiger partial charge is 0.258 e. The summed E-state index contributed by atoms with van der Waals surface area (Å²) >= 11 is 1.54. The van der Waals surface area contributed by atoms with E-state index in [1.165, 1.54) is 11.3 Å². The van der Waals surface area contributed by atoms with E-state index >= 15 is 0 Å². The molecule has 0 saturated carbocycles. The lowest BCUT2D eigenvalue weighted by molar-refractivity contribution is 1.10. The Morgan fingerprint density at radius 1 is 1.12 bits per heavy atom. The van der Waals surface area contributed by atoms with E-state index in [9.17, 15) is 0 Å². The van der Waals surface area contributed by atoms with Crippen LogP contribution in [0.3, 0.4) is 0 Å². The van der Waals surface area contributed by atoms with Crippen LogP contribution >= 0.6 is 11.3 Å². The number of aromatic nitrogens is 4. The SMILES string of the molecule is c1ccc(-c2n[nH]c(-c3cncs3)n2)cc1.